The van der Waals surface area contributed by atoms with E-state index in [1.165, 1.54) is 0 Å². The first-order valence-electron chi connectivity index (χ1n) is 9.18. The highest BCUT2D eigenvalue weighted by atomic mass is 79.9. The first-order valence-corrected chi connectivity index (χ1v) is 9.97. The zero-order valence-electron chi connectivity index (χ0n) is 15.8. The van der Waals surface area contributed by atoms with Gasteiger partial charge in [-0.25, -0.2) is 0 Å². The molecule has 0 saturated heterocycles. The largest absolute Gasteiger partial charge is 0.496 e. The maximum atomic E-state index is 12.8. The van der Waals surface area contributed by atoms with Crippen LogP contribution >= 0.6 is 15.9 Å². The number of methoxy groups -OCH3 is 1. The van der Waals surface area contributed by atoms with E-state index in [9.17, 15) is 9.59 Å². The van der Waals surface area contributed by atoms with E-state index in [1.54, 1.807) is 19.2 Å². The summed E-state index contributed by atoms with van der Waals surface area (Å²) in [6, 6.07) is 20.5. The van der Waals surface area contributed by atoms with Gasteiger partial charge in [0.05, 0.1) is 22.6 Å². The molecule has 0 aliphatic carbocycles. The van der Waals surface area contributed by atoms with Gasteiger partial charge in [-0.1, -0.05) is 30.3 Å². The molecule has 1 N–H and O–H groups in total. The highest BCUT2D eigenvalue weighted by Crippen LogP contribution is 2.25. The van der Waals surface area contributed by atoms with Crippen molar-refractivity contribution in [1.82, 2.24) is 9.88 Å². The summed E-state index contributed by atoms with van der Waals surface area (Å²) < 4.78 is 7.96. The van der Waals surface area contributed by atoms with Gasteiger partial charge in [0.2, 0.25) is 5.91 Å². The number of nitrogens with zero attached hydrogens (tertiary/aromatic N) is 1. The molecule has 3 aromatic carbocycles. The summed E-state index contributed by atoms with van der Waals surface area (Å²) in [5.41, 5.74) is 2.44. The number of para-hydroxylation sites is 2. The monoisotopic (exact) mass is 450 g/mol. The Bertz CT molecular complexity index is 1220. The molecule has 29 heavy (non-hydrogen) atoms. The first-order chi connectivity index (χ1) is 14.1. The molecule has 1 heterocycles. The van der Waals surface area contributed by atoms with E-state index in [1.807, 2.05) is 59.2 Å². The second-order valence-electron chi connectivity index (χ2n) is 6.70. The van der Waals surface area contributed by atoms with Crippen LogP contribution in [0.4, 0.5) is 0 Å². The predicted molar refractivity (Wildman–Crippen MR) is 118 cm³/mol. The van der Waals surface area contributed by atoms with Gasteiger partial charge in [-0.3, -0.25) is 9.59 Å². The Labute approximate surface area is 176 Å². The Morgan fingerprint density at radius 1 is 1.00 bits per heavy atom. The van der Waals surface area contributed by atoms with Crippen LogP contribution in [0.3, 0.4) is 0 Å². The SMILES string of the molecule is COc1ccc(CNC(=O)Cn2c3ccccc3c(=O)c3ccccc32)cc1Br. The van der Waals surface area contributed by atoms with Gasteiger partial charge in [0.15, 0.2) is 5.43 Å². The van der Waals surface area contributed by atoms with E-state index in [-0.39, 0.29) is 17.9 Å². The van der Waals surface area contributed by atoms with Crippen molar-refractivity contribution in [2.45, 2.75) is 13.1 Å². The van der Waals surface area contributed by atoms with Crippen LogP contribution in [0.25, 0.3) is 21.8 Å². The zero-order chi connectivity index (χ0) is 20.4. The third-order valence-electron chi connectivity index (χ3n) is 4.89. The molecule has 0 saturated carbocycles. The number of carbonyl (C=O) groups excluding carboxylic acids is 1. The topological polar surface area (TPSA) is 60.3 Å². The van der Waals surface area contributed by atoms with Gasteiger partial charge in [0.25, 0.3) is 0 Å². The van der Waals surface area contributed by atoms with E-state index in [0.29, 0.717) is 17.3 Å². The molecule has 1 aromatic heterocycles. The van der Waals surface area contributed by atoms with E-state index < -0.39 is 0 Å². The summed E-state index contributed by atoms with van der Waals surface area (Å²) >= 11 is 3.46. The molecule has 5 nitrogen and oxygen atoms in total. The van der Waals surface area contributed by atoms with Crippen LogP contribution in [-0.2, 0) is 17.9 Å². The van der Waals surface area contributed by atoms with Gasteiger partial charge < -0.3 is 14.6 Å². The second kappa shape index (κ2) is 8.09. The summed E-state index contributed by atoms with van der Waals surface area (Å²) in [7, 11) is 1.61. The smallest absolute Gasteiger partial charge is 0.240 e. The lowest BCUT2D eigenvalue weighted by molar-refractivity contribution is -0.121. The summed E-state index contributed by atoms with van der Waals surface area (Å²) in [6.07, 6.45) is 0. The Kier molecular flexibility index (Phi) is 5.36. The Morgan fingerprint density at radius 3 is 2.21 bits per heavy atom. The quantitative estimate of drug-likeness (QED) is 0.462. The molecule has 0 fully saturated rings. The number of hydrogen-bond donors (Lipinski definition) is 1. The molecule has 0 atom stereocenters. The van der Waals surface area contributed by atoms with Crippen LogP contribution in [0.5, 0.6) is 5.75 Å². The van der Waals surface area contributed by atoms with Crippen molar-refractivity contribution >= 4 is 43.6 Å². The van der Waals surface area contributed by atoms with Crippen molar-refractivity contribution < 1.29 is 9.53 Å². The van der Waals surface area contributed by atoms with E-state index in [4.69, 9.17) is 4.74 Å². The number of pyridine rings is 1. The number of fused-ring (bicyclic) bond motifs is 2. The summed E-state index contributed by atoms with van der Waals surface area (Å²) in [6.45, 7) is 0.524. The Hall–Kier alpha value is -3.12. The minimum Gasteiger partial charge on any atom is -0.496 e. The molecule has 4 aromatic rings. The van der Waals surface area contributed by atoms with Crippen LogP contribution in [0.1, 0.15) is 5.56 Å². The van der Waals surface area contributed by atoms with Gasteiger partial charge in [-0.15, -0.1) is 0 Å². The lowest BCUT2D eigenvalue weighted by atomic mass is 10.1. The normalized spacial score (nSPS) is 11.0. The molecule has 0 aliphatic rings. The van der Waals surface area contributed by atoms with E-state index in [0.717, 1.165) is 26.8 Å². The summed E-state index contributed by atoms with van der Waals surface area (Å²) in [5, 5.41) is 4.18. The molecular weight excluding hydrogens is 432 g/mol. The van der Waals surface area contributed by atoms with Gasteiger partial charge in [0, 0.05) is 17.3 Å². The van der Waals surface area contributed by atoms with E-state index in [2.05, 4.69) is 21.2 Å². The number of benzene rings is 3. The third-order valence-corrected chi connectivity index (χ3v) is 5.51. The van der Waals surface area contributed by atoms with Crippen LogP contribution in [0.15, 0.2) is 76.0 Å². The predicted octanol–water partition coefficient (Wildman–Crippen LogP) is 4.24. The molecule has 1 amide bonds. The number of carbonyl (C=O) groups is 1. The lowest BCUT2D eigenvalue weighted by Gasteiger charge is -2.15. The molecule has 0 aliphatic heterocycles. The molecular formula is C23H19BrN2O3. The number of nitrogens with one attached hydrogen (secondary N) is 1. The molecule has 146 valence electrons. The van der Waals surface area contributed by atoms with Crippen molar-refractivity contribution in [2.75, 3.05) is 7.11 Å². The maximum Gasteiger partial charge on any atom is 0.240 e. The minimum atomic E-state index is -0.129. The summed E-state index contributed by atoms with van der Waals surface area (Å²) in [5.74, 6) is 0.613. The fourth-order valence-electron chi connectivity index (χ4n) is 3.47. The minimum absolute atomic E-state index is 0.0176. The van der Waals surface area contributed by atoms with Crippen molar-refractivity contribution in [3.05, 3.63) is 87.0 Å². The van der Waals surface area contributed by atoms with Gasteiger partial charge in [0.1, 0.15) is 12.3 Å². The van der Waals surface area contributed by atoms with Crippen LogP contribution in [-0.4, -0.2) is 17.6 Å². The standard InChI is InChI=1S/C23H19BrN2O3/c1-29-21-11-10-15(12-18(21)24)13-25-22(27)14-26-19-8-4-2-6-16(19)23(28)17-7-3-5-9-20(17)26/h2-12H,13-14H2,1H3,(H,25,27). The van der Waals surface area contributed by atoms with Crippen molar-refractivity contribution in [3.8, 4) is 5.75 Å². The fraction of sp³-hybridized carbons (Fsp3) is 0.130. The number of rotatable bonds is 5. The van der Waals surface area contributed by atoms with Crippen molar-refractivity contribution in [2.24, 2.45) is 0 Å². The molecule has 4 rings (SSSR count). The molecule has 0 unspecified atom stereocenters. The van der Waals surface area contributed by atoms with Gasteiger partial charge in [-0.05, 0) is 57.9 Å². The Balaban J connectivity index is 1.63. The highest BCUT2D eigenvalue weighted by Gasteiger charge is 2.13. The Morgan fingerprint density at radius 2 is 1.62 bits per heavy atom. The van der Waals surface area contributed by atoms with Crippen LogP contribution in [0, 0.1) is 0 Å². The lowest BCUT2D eigenvalue weighted by Crippen LogP contribution is -2.28. The third kappa shape index (κ3) is 3.76. The van der Waals surface area contributed by atoms with Crippen LogP contribution in [0.2, 0.25) is 0 Å². The van der Waals surface area contributed by atoms with Crippen molar-refractivity contribution in [1.29, 1.82) is 0 Å². The average molecular weight is 451 g/mol. The molecule has 0 bridgehead atoms. The molecule has 0 spiro atoms. The number of hydrogen-bond acceptors (Lipinski definition) is 3. The maximum absolute atomic E-state index is 12.8. The second-order valence-corrected chi connectivity index (χ2v) is 7.55. The van der Waals surface area contributed by atoms with E-state index >= 15 is 0 Å². The number of ether oxygens (including phenoxy) is 1. The zero-order valence-corrected chi connectivity index (χ0v) is 17.4. The number of halogens is 1. The van der Waals surface area contributed by atoms with Crippen molar-refractivity contribution in [3.63, 3.8) is 0 Å². The van der Waals surface area contributed by atoms with Gasteiger partial charge >= 0.3 is 0 Å². The number of aromatic nitrogens is 1. The molecule has 0 radical (unpaired) electrons. The summed E-state index contributed by atoms with van der Waals surface area (Å²) in [4.78, 5) is 25.5. The number of amides is 1. The average Bonchev–Trinajstić information content (AvgIpc) is 2.75. The first kappa shape index (κ1) is 19.2. The molecule has 6 heteroatoms. The highest BCUT2D eigenvalue weighted by molar-refractivity contribution is 9.10. The van der Waals surface area contributed by atoms with Gasteiger partial charge in [-0.2, -0.15) is 0 Å². The fourth-order valence-corrected chi connectivity index (χ4v) is 4.06. The van der Waals surface area contributed by atoms with Crippen LogP contribution < -0.4 is 15.5 Å².